The molecule has 82 valence electrons. The van der Waals surface area contributed by atoms with Gasteiger partial charge >= 0.3 is 0 Å². The predicted molar refractivity (Wildman–Crippen MR) is 66.2 cm³/mol. The van der Waals surface area contributed by atoms with Gasteiger partial charge in [0.2, 0.25) is 0 Å². The van der Waals surface area contributed by atoms with Crippen molar-refractivity contribution in [1.29, 1.82) is 0 Å². The molecule has 1 unspecified atom stereocenters. The Morgan fingerprint density at radius 3 is 2.73 bits per heavy atom. The molecule has 0 spiro atoms. The highest BCUT2D eigenvalue weighted by Gasteiger charge is 2.37. The van der Waals surface area contributed by atoms with Gasteiger partial charge in [-0.3, -0.25) is 0 Å². The van der Waals surface area contributed by atoms with Crippen molar-refractivity contribution in [2.24, 2.45) is 0 Å². The Kier molecular flexibility index (Phi) is 2.77. The van der Waals surface area contributed by atoms with E-state index in [1.165, 1.54) is 5.69 Å². The molecule has 1 aromatic rings. The lowest BCUT2D eigenvalue weighted by atomic mass is 10.0. The Morgan fingerprint density at radius 2 is 2.20 bits per heavy atom. The van der Waals surface area contributed by atoms with E-state index < -0.39 is 0 Å². The van der Waals surface area contributed by atoms with Crippen LogP contribution in [0.4, 0.5) is 5.69 Å². The Morgan fingerprint density at radius 1 is 1.47 bits per heavy atom. The largest absolute Gasteiger partial charge is 0.391 e. The first-order valence-corrected chi connectivity index (χ1v) is 6.00. The maximum atomic E-state index is 9.71. The molecule has 1 saturated heterocycles. The number of benzene rings is 1. The molecule has 1 aliphatic heterocycles. The summed E-state index contributed by atoms with van der Waals surface area (Å²) in [6.45, 7) is 5.07. The highest BCUT2D eigenvalue weighted by atomic mass is 79.9. The van der Waals surface area contributed by atoms with E-state index >= 15 is 0 Å². The zero-order valence-electron chi connectivity index (χ0n) is 9.07. The molecule has 1 heterocycles. The second-order valence-corrected chi connectivity index (χ2v) is 5.68. The fourth-order valence-corrected chi connectivity index (χ4v) is 2.70. The van der Waals surface area contributed by atoms with Crippen molar-refractivity contribution < 1.29 is 5.11 Å². The monoisotopic (exact) mass is 269 g/mol. The number of halogens is 1. The van der Waals surface area contributed by atoms with Crippen molar-refractivity contribution in [3.63, 3.8) is 0 Å². The third-order valence-electron chi connectivity index (χ3n) is 2.98. The van der Waals surface area contributed by atoms with Crippen molar-refractivity contribution in [2.75, 3.05) is 11.4 Å². The van der Waals surface area contributed by atoms with Crippen LogP contribution in [0.1, 0.15) is 20.3 Å². The van der Waals surface area contributed by atoms with E-state index in [-0.39, 0.29) is 11.6 Å². The molecule has 0 amide bonds. The van der Waals surface area contributed by atoms with Gasteiger partial charge in [-0.1, -0.05) is 22.0 Å². The Bertz CT molecular complexity index is 364. The number of aliphatic hydroxyl groups excluding tert-OH is 1. The highest BCUT2D eigenvalue weighted by Crippen LogP contribution is 2.34. The van der Waals surface area contributed by atoms with Gasteiger partial charge < -0.3 is 10.0 Å². The number of aliphatic hydroxyl groups is 1. The summed E-state index contributed by atoms with van der Waals surface area (Å²) in [6, 6.07) is 8.23. The number of rotatable bonds is 1. The number of hydrogen-bond acceptors (Lipinski definition) is 2. The Balaban J connectivity index is 2.31. The lowest BCUT2D eigenvalue weighted by Crippen LogP contribution is -2.38. The topological polar surface area (TPSA) is 23.5 Å². The van der Waals surface area contributed by atoms with Crippen LogP contribution in [-0.4, -0.2) is 23.3 Å². The van der Waals surface area contributed by atoms with E-state index in [1.807, 2.05) is 12.1 Å². The standard InChI is InChI=1S/C12H16BrNO/c1-12(2)7-11(15)8-14(12)10-5-3-4-9(13)6-10/h3-6,11,15H,7-8H2,1-2H3. The van der Waals surface area contributed by atoms with Crippen molar-refractivity contribution >= 4 is 21.6 Å². The normalized spacial score (nSPS) is 24.5. The van der Waals surface area contributed by atoms with E-state index in [0.29, 0.717) is 0 Å². The van der Waals surface area contributed by atoms with Gasteiger partial charge in [0.15, 0.2) is 0 Å². The molecular weight excluding hydrogens is 254 g/mol. The molecule has 1 aromatic carbocycles. The molecule has 1 N–H and O–H groups in total. The molecule has 1 fully saturated rings. The Hall–Kier alpha value is -0.540. The van der Waals surface area contributed by atoms with Crippen molar-refractivity contribution in [1.82, 2.24) is 0 Å². The van der Waals surface area contributed by atoms with Crippen LogP contribution in [0.2, 0.25) is 0 Å². The van der Waals surface area contributed by atoms with Crippen LogP contribution in [-0.2, 0) is 0 Å². The minimum Gasteiger partial charge on any atom is -0.391 e. The van der Waals surface area contributed by atoms with Gasteiger partial charge in [-0.25, -0.2) is 0 Å². The van der Waals surface area contributed by atoms with Crippen LogP contribution in [0.15, 0.2) is 28.7 Å². The second-order valence-electron chi connectivity index (χ2n) is 4.76. The van der Waals surface area contributed by atoms with Crippen LogP contribution in [0.5, 0.6) is 0 Å². The summed E-state index contributed by atoms with van der Waals surface area (Å²) >= 11 is 3.47. The summed E-state index contributed by atoms with van der Waals surface area (Å²) in [5.41, 5.74) is 1.21. The van der Waals surface area contributed by atoms with E-state index in [4.69, 9.17) is 0 Å². The van der Waals surface area contributed by atoms with E-state index in [1.54, 1.807) is 0 Å². The predicted octanol–water partition coefficient (Wildman–Crippen LogP) is 2.80. The molecule has 1 aliphatic rings. The van der Waals surface area contributed by atoms with Gasteiger partial charge in [0.1, 0.15) is 0 Å². The van der Waals surface area contributed by atoms with Crippen LogP contribution < -0.4 is 4.90 Å². The molecule has 2 nitrogen and oxygen atoms in total. The molecule has 3 heteroatoms. The summed E-state index contributed by atoms with van der Waals surface area (Å²) < 4.78 is 1.08. The zero-order chi connectivity index (χ0) is 11.1. The van der Waals surface area contributed by atoms with Crippen LogP contribution >= 0.6 is 15.9 Å². The third-order valence-corrected chi connectivity index (χ3v) is 3.47. The van der Waals surface area contributed by atoms with Gasteiger partial charge in [-0.05, 0) is 38.5 Å². The fraction of sp³-hybridized carbons (Fsp3) is 0.500. The molecular formula is C12H16BrNO. The van der Waals surface area contributed by atoms with Crippen molar-refractivity contribution in [3.05, 3.63) is 28.7 Å². The van der Waals surface area contributed by atoms with Gasteiger partial charge in [0, 0.05) is 22.2 Å². The fourth-order valence-electron chi connectivity index (χ4n) is 2.31. The number of β-amino-alcohol motifs (C(OH)–C–C–N with tert-alkyl or cyclic N) is 1. The molecule has 0 saturated carbocycles. The third kappa shape index (κ3) is 2.18. The summed E-state index contributed by atoms with van der Waals surface area (Å²) in [5.74, 6) is 0. The molecule has 0 radical (unpaired) electrons. The first-order valence-electron chi connectivity index (χ1n) is 5.20. The molecule has 0 aliphatic carbocycles. The van der Waals surface area contributed by atoms with Gasteiger partial charge in [-0.15, -0.1) is 0 Å². The first kappa shape index (κ1) is 11.0. The van der Waals surface area contributed by atoms with Gasteiger partial charge in [0.25, 0.3) is 0 Å². The zero-order valence-corrected chi connectivity index (χ0v) is 10.7. The van der Waals surface area contributed by atoms with Crippen molar-refractivity contribution in [2.45, 2.75) is 31.9 Å². The van der Waals surface area contributed by atoms with Crippen LogP contribution in [0.25, 0.3) is 0 Å². The van der Waals surface area contributed by atoms with E-state index in [9.17, 15) is 5.11 Å². The summed E-state index contributed by atoms with van der Waals surface area (Å²) in [6.07, 6.45) is 0.624. The molecule has 1 atom stereocenters. The molecule has 0 bridgehead atoms. The minimum atomic E-state index is -0.209. The number of nitrogens with zero attached hydrogens (tertiary/aromatic N) is 1. The second kappa shape index (κ2) is 3.80. The average molecular weight is 270 g/mol. The van der Waals surface area contributed by atoms with Crippen LogP contribution in [0.3, 0.4) is 0 Å². The number of anilines is 1. The molecule has 15 heavy (non-hydrogen) atoms. The van der Waals surface area contributed by atoms with Gasteiger partial charge in [-0.2, -0.15) is 0 Å². The van der Waals surface area contributed by atoms with E-state index in [0.717, 1.165) is 17.4 Å². The average Bonchev–Trinajstić information content (AvgIpc) is 2.39. The highest BCUT2D eigenvalue weighted by molar-refractivity contribution is 9.10. The lowest BCUT2D eigenvalue weighted by molar-refractivity contribution is 0.188. The van der Waals surface area contributed by atoms with E-state index in [2.05, 4.69) is 46.8 Å². The molecule has 2 rings (SSSR count). The summed E-state index contributed by atoms with van der Waals surface area (Å²) in [5, 5.41) is 9.71. The Labute approximate surface area is 99.0 Å². The smallest absolute Gasteiger partial charge is 0.0737 e. The summed E-state index contributed by atoms with van der Waals surface area (Å²) in [7, 11) is 0. The SMILES string of the molecule is CC1(C)CC(O)CN1c1cccc(Br)c1. The summed E-state index contributed by atoms with van der Waals surface area (Å²) in [4.78, 5) is 2.27. The molecule has 0 aromatic heterocycles. The minimum absolute atomic E-state index is 0.0419. The maximum Gasteiger partial charge on any atom is 0.0737 e. The number of hydrogen-bond donors (Lipinski definition) is 1. The van der Waals surface area contributed by atoms with Crippen molar-refractivity contribution in [3.8, 4) is 0 Å². The van der Waals surface area contributed by atoms with Gasteiger partial charge in [0.05, 0.1) is 6.10 Å². The maximum absolute atomic E-state index is 9.71. The van der Waals surface area contributed by atoms with Crippen LogP contribution in [0, 0.1) is 0 Å². The first-order chi connectivity index (χ1) is 6.99. The quantitative estimate of drug-likeness (QED) is 0.848. The lowest BCUT2D eigenvalue weighted by Gasteiger charge is -2.33.